The van der Waals surface area contributed by atoms with Crippen LogP contribution in [0, 0.1) is 0 Å². The van der Waals surface area contributed by atoms with Gasteiger partial charge in [0.25, 0.3) is 0 Å². The zero-order chi connectivity index (χ0) is 13.9. The van der Waals surface area contributed by atoms with Crippen molar-refractivity contribution in [2.24, 2.45) is 5.73 Å². The van der Waals surface area contributed by atoms with Crippen LogP contribution in [0.1, 0.15) is 25.1 Å². The van der Waals surface area contributed by atoms with Crippen molar-refractivity contribution in [2.75, 3.05) is 0 Å². The summed E-state index contributed by atoms with van der Waals surface area (Å²) in [4.78, 5) is 10.1. The van der Waals surface area contributed by atoms with Gasteiger partial charge >= 0.3 is 0 Å². The molecule has 0 amide bonds. The fourth-order valence-corrected chi connectivity index (χ4v) is 3.88. The van der Waals surface area contributed by atoms with Crippen LogP contribution < -0.4 is 5.73 Å². The third-order valence-electron chi connectivity index (χ3n) is 3.06. The average Bonchev–Trinajstić information content (AvgIpc) is 2.89. The molecule has 0 spiro atoms. The van der Waals surface area contributed by atoms with E-state index >= 15 is 0 Å². The largest absolute Gasteiger partial charge is 0.323 e. The molecule has 0 saturated heterocycles. The van der Waals surface area contributed by atoms with Gasteiger partial charge in [0, 0.05) is 17.1 Å². The predicted octanol–water partition coefficient (Wildman–Crippen LogP) is 4.25. The van der Waals surface area contributed by atoms with E-state index in [-0.39, 0.29) is 6.04 Å². The smallest absolute Gasteiger partial charge is 0.155 e. The highest BCUT2D eigenvalue weighted by molar-refractivity contribution is 8.01. The number of nitrogens with two attached hydrogens (primary N) is 1. The van der Waals surface area contributed by atoms with Crippen LogP contribution in [-0.4, -0.2) is 9.97 Å². The first-order chi connectivity index (χ1) is 9.76. The molecular weight excluding hydrogens is 286 g/mol. The van der Waals surface area contributed by atoms with E-state index in [4.69, 9.17) is 5.73 Å². The lowest BCUT2D eigenvalue weighted by Crippen LogP contribution is -2.10. The number of rotatable bonds is 4. The van der Waals surface area contributed by atoms with E-state index in [9.17, 15) is 0 Å². The Morgan fingerprint density at radius 3 is 2.80 bits per heavy atom. The van der Waals surface area contributed by atoms with Crippen LogP contribution >= 0.6 is 23.1 Å². The number of nitrogens with zero attached hydrogens (tertiary/aromatic N) is 2. The molecule has 0 radical (unpaired) electrons. The highest BCUT2D eigenvalue weighted by atomic mass is 32.2. The Hall–Kier alpha value is -1.43. The molecular formula is C15H15N3S2. The van der Waals surface area contributed by atoms with Crippen LogP contribution in [0.3, 0.4) is 0 Å². The SMILES string of the molecule is CC[C@H](N)c1ccc(Sc2nc3ccccc3s2)cn1. The van der Waals surface area contributed by atoms with Crippen molar-refractivity contribution in [3.63, 3.8) is 0 Å². The van der Waals surface area contributed by atoms with Crippen molar-refractivity contribution in [3.05, 3.63) is 48.3 Å². The van der Waals surface area contributed by atoms with Crippen molar-refractivity contribution in [1.82, 2.24) is 9.97 Å². The van der Waals surface area contributed by atoms with Gasteiger partial charge in [-0.1, -0.05) is 30.8 Å². The Balaban J connectivity index is 1.80. The highest BCUT2D eigenvalue weighted by Gasteiger charge is 2.07. The van der Waals surface area contributed by atoms with Gasteiger partial charge in [-0.3, -0.25) is 4.98 Å². The molecule has 2 N–H and O–H groups in total. The number of para-hydroxylation sites is 1. The molecule has 0 saturated carbocycles. The van der Waals surface area contributed by atoms with Crippen molar-refractivity contribution in [1.29, 1.82) is 0 Å². The average molecular weight is 301 g/mol. The molecule has 102 valence electrons. The molecule has 0 aliphatic rings. The number of hydrogen-bond acceptors (Lipinski definition) is 5. The van der Waals surface area contributed by atoms with Crippen LogP contribution in [0.15, 0.2) is 51.8 Å². The summed E-state index contributed by atoms with van der Waals surface area (Å²) in [6.45, 7) is 2.07. The molecule has 20 heavy (non-hydrogen) atoms. The number of hydrogen-bond donors (Lipinski definition) is 1. The normalized spacial score (nSPS) is 12.7. The van der Waals surface area contributed by atoms with E-state index in [2.05, 4.69) is 29.0 Å². The Kier molecular flexibility index (Phi) is 4.00. The maximum absolute atomic E-state index is 5.97. The number of fused-ring (bicyclic) bond motifs is 1. The first kappa shape index (κ1) is 13.5. The van der Waals surface area contributed by atoms with Gasteiger partial charge in [-0.25, -0.2) is 4.98 Å². The van der Waals surface area contributed by atoms with Gasteiger partial charge in [0.05, 0.1) is 15.9 Å². The molecule has 0 aliphatic heterocycles. The lowest BCUT2D eigenvalue weighted by atomic mass is 10.1. The van der Waals surface area contributed by atoms with Crippen LogP contribution in [0.25, 0.3) is 10.2 Å². The first-order valence-corrected chi connectivity index (χ1v) is 8.14. The second-order valence-corrected chi connectivity index (χ2v) is 6.83. The van der Waals surface area contributed by atoms with Crippen molar-refractivity contribution in [3.8, 4) is 0 Å². The zero-order valence-electron chi connectivity index (χ0n) is 11.1. The van der Waals surface area contributed by atoms with Gasteiger partial charge in [-0.2, -0.15) is 0 Å². The number of thiazole rings is 1. The molecule has 1 atom stereocenters. The highest BCUT2D eigenvalue weighted by Crippen LogP contribution is 2.34. The van der Waals surface area contributed by atoms with Gasteiger partial charge < -0.3 is 5.73 Å². The van der Waals surface area contributed by atoms with E-state index < -0.39 is 0 Å². The molecule has 2 aromatic heterocycles. The quantitative estimate of drug-likeness (QED) is 0.782. The molecule has 0 fully saturated rings. The molecule has 2 heterocycles. The van der Waals surface area contributed by atoms with Crippen LogP contribution in [0.5, 0.6) is 0 Å². The van der Waals surface area contributed by atoms with E-state index in [0.717, 1.165) is 26.9 Å². The van der Waals surface area contributed by atoms with Crippen LogP contribution in [-0.2, 0) is 0 Å². The Morgan fingerprint density at radius 2 is 2.10 bits per heavy atom. The Bertz CT molecular complexity index is 673. The fourth-order valence-electron chi connectivity index (χ4n) is 1.88. The van der Waals surface area contributed by atoms with Crippen molar-refractivity contribution < 1.29 is 0 Å². The fraction of sp³-hybridized carbons (Fsp3) is 0.200. The summed E-state index contributed by atoms with van der Waals surface area (Å²) < 4.78 is 2.26. The number of pyridine rings is 1. The molecule has 3 nitrogen and oxygen atoms in total. The molecule has 3 rings (SSSR count). The minimum atomic E-state index is 0.0245. The van der Waals surface area contributed by atoms with Crippen LogP contribution in [0.2, 0.25) is 0 Å². The summed E-state index contributed by atoms with van der Waals surface area (Å²) in [6.07, 6.45) is 2.78. The van der Waals surface area contributed by atoms with Gasteiger partial charge in [0.15, 0.2) is 4.34 Å². The molecule has 3 aromatic rings. The van der Waals surface area contributed by atoms with E-state index in [0.29, 0.717) is 0 Å². The summed E-state index contributed by atoms with van der Waals surface area (Å²) in [7, 11) is 0. The van der Waals surface area contributed by atoms with E-state index in [1.54, 1.807) is 23.1 Å². The summed E-state index contributed by atoms with van der Waals surface area (Å²) in [5.74, 6) is 0. The maximum Gasteiger partial charge on any atom is 0.155 e. The monoisotopic (exact) mass is 301 g/mol. The number of aromatic nitrogens is 2. The topological polar surface area (TPSA) is 51.8 Å². The zero-order valence-corrected chi connectivity index (χ0v) is 12.7. The predicted molar refractivity (Wildman–Crippen MR) is 85.2 cm³/mol. The van der Waals surface area contributed by atoms with E-state index in [1.807, 2.05) is 30.5 Å². The summed E-state index contributed by atoms with van der Waals surface area (Å²) in [6, 6.07) is 12.3. The third-order valence-corrected chi connectivity index (χ3v) is 5.13. The van der Waals surface area contributed by atoms with E-state index in [1.165, 1.54) is 4.70 Å². The summed E-state index contributed by atoms with van der Waals surface area (Å²) in [5, 5.41) is 0. The van der Waals surface area contributed by atoms with Gasteiger partial charge in [0.1, 0.15) is 0 Å². The summed E-state index contributed by atoms with van der Waals surface area (Å²) >= 11 is 3.35. The van der Waals surface area contributed by atoms with Gasteiger partial charge in [-0.15, -0.1) is 11.3 Å². The number of benzene rings is 1. The lowest BCUT2D eigenvalue weighted by Gasteiger charge is -2.07. The second kappa shape index (κ2) is 5.91. The van der Waals surface area contributed by atoms with Crippen molar-refractivity contribution in [2.45, 2.75) is 28.6 Å². The Labute approximate surface area is 126 Å². The molecule has 1 aromatic carbocycles. The minimum absolute atomic E-state index is 0.0245. The standard InChI is InChI=1S/C15H15N3S2/c1-2-11(16)12-8-7-10(9-17-12)19-15-18-13-5-3-4-6-14(13)20-15/h3-9,11H,2,16H2,1H3/t11-/m0/s1. The van der Waals surface area contributed by atoms with Gasteiger partial charge in [-0.05, 0) is 30.7 Å². The molecule has 0 unspecified atom stereocenters. The molecule has 0 bridgehead atoms. The summed E-state index contributed by atoms with van der Waals surface area (Å²) in [5.41, 5.74) is 7.97. The minimum Gasteiger partial charge on any atom is -0.323 e. The second-order valence-electron chi connectivity index (χ2n) is 4.48. The first-order valence-electron chi connectivity index (χ1n) is 6.51. The Morgan fingerprint density at radius 1 is 1.25 bits per heavy atom. The van der Waals surface area contributed by atoms with Crippen molar-refractivity contribution >= 4 is 33.3 Å². The molecule has 5 heteroatoms. The van der Waals surface area contributed by atoms with Gasteiger partial charge in [0.2, 0.25) is 0 Å². The third kappa shape index (κ3) is 2.85. The maximum atomic E-state index is 5.97. The van der Waals surface area contributed by atoms with Crippen LogP contribution in [0.4, 0.5) is 0 Å². The molecule has 0 aliphatic carbocycles. The lowest BCUT2D eigenvalue weighted by molar-refractivity contribution is 0.674.